The molecule has 208 valence electrons. The first-order chi connectivity index (χ1) is 19.3. The number of sulfonamides is 1. The summed E-state index contributed by atoms with van der Waals surface area (Å²) in [6, 6.07) is 19.9. The third-order valence-corrected chi connectivity index (χ3v) is 10.1. The number of hydrogen-bond acceptors (Lipinski definition) is 8. The molecule has 0 saturated carbocycles. The van der Waals surface area contributed by atoms with Crippen molar-refractivity contribution < 1.29 is 28.0 Å². The quantitative estimate of drug-likeness (QED) is 0.212. The molecule has 1 saturated heterocycles. The minimum absolute atomic E-state index is 0.0729. The van der Waals surface area contributed by atoms with Crippen molar-refractivity contribution in [2.24, 2.45) is 11.8 Å². The Morgan fingerprint density at radius 1 is 1.07 bits per heavy atom. The van der Waals surface area contributed by atoms with Gasteiger partial charge in [-0.1, -0.05) is 24.3 Å². The van der Waals surface area contributed by atoms with E-state index in [0.717, 1.165) is 33.5 Å². The summed E-state index contributed by atoms with van der Waals surface area (Å²) >= 11 is 1.08. The van der Waals surface area contributed by atoms with Gasteiger partial charge in [0.25, 0.3) is 10.0 Å². The lowest BCUT2D eigenvalue weighted by Crippen LogP contribution is -2.51. The number of aryl methyl sites for hydroxylation is 1. The van der Waals surface area contributed by atoms with Crippen molar-refractivity contribution in [2.45, 2.75) is 24.2 Å². The van der Waals surface area contributed by atoms with Gasteiger partial charge in [0.05, 0.1) is 17.4 Å². The van der Waals surface area contributed by atoms with Gasteiger partial charge in [-0.3, -0.25) is 19.8 Å². The number of ether oxygens (including phenoxy) is 1. The summed E-state index contributed by atoms with van der Waals surface area (Å²) in [4.78, 5) is 30.2. The van der Waals surface area contributed by atoms with Crippen LogP contribution < -0.4 is 15.5 Å². The first-order valence-electron chi connectivity index (χ1n) is 12.6. The van der Waals surface area contributed by atoms with E-state index in [1.807, 2.05) is 37.3 Å². The molecule has 2 aromatic heterocycles. The average Bonchev–Trinajstić information content (AvgIpc) is 3.52. The van der Waals surface area contributed by atoms with Gasteiger partial charge in [0.2, 0.25) is 11.8 Å². The first-order valence-corrected chi connectivity index (χ1v) is 14.9. The summed E-state index contributed by atoms with van der Waals surface area (Å²) in [5.74, 6) is -2.53. The van der Waals surface area contributed by atoms with Gasteiger partial charge in [-0.2, -0.15) is 4.31 Å². The van der Waals surface area contributed by atoms with Crippen LogP contribution in [0.1, 0.15) is 17.7 Å². The average molecular weight is 581 g/mol. The molecular formula is C28H28N4O6S2. The van der Waals surface area contributed by atoms with Gasteiger partial charge in [0, 0.05) is 35.4 Å². The Labute approximate surface area is 235 Å². The molecule has 2 amide bonds. The number of hydroxylamine groups is 1. The highest BCUT2D eigenvalue weighted by Crippen LogP contribution is 2.31. The topological polar surface area (TPSA) is 138 Å². The van der Waals surface area contributed by atoms with E-state index in [0.29, 0.717) is 18.0 Å². The van der Waals surface area contributed by atoms with Crippen LogP contribution in [0.2, 0.25) is 0 Å². The number of anilines is 1. The molecule has 4 aromatic rings. The number of rotatable bonds is 8. The Hall–Kier alpha value is -3.84. The second-order valence-corrected chi connectivity index (χ2v) is 12.6. The van der Waals surface area contributed by atoms with E-state index in [9.17, 15) is 23.2 Å². The third-order valence-electron chi connectivity index (χ3n) is 6.89. The number of piperidine rings is 1. The van der Waals surface area contributed by atoms with Gasteiger partial charge in [-0.25, -0.2) is 13.9 Å². The molecule has 3 N–H and O–H groups in total. The van der Waals surface area contributed by atoms with Crippen molar-refractivity contribution in [3.05, 3.63) is 83.4 Å². The molecule has 3 heterocycles. The van der Waals surface area contributed by atoms with Gasteiger partial charge < -0.3 is 10.1 Å². The number of para-hydroxylation sites is 1. The molecule has 1 fully saturated rings. The molecule has 1 unspecified atom stereocenters. The van der Waals surface area contributed by atoms with E-state index in [-0.39, 0.29) is 23.7 Å². The molecule has 5 rings (SSSR count). The Morgan fingerprint density at radius 3 is 2.58 bits per heavy atom. The van der Waals surface area contributed by atoms with Crippen LogP contribution in [0.5, 0.6) is 5.75 Å². The molecule has 2 atom stereocenters. The number of nitrogens with one attached hydrogen (secondary N) is 2. The maximum absolute atomic E-state index is 13.2. The minimum Gasteiger partial charge on any atom is -0.489 e. The molecule has 0 radical (unpaired) electrons. The van der Waals surface area contributed by atoms with Gasteiger partial charge in [0.15, 0.2) is 0 Å². The van der Waals surface area contributed by atoms with Gasteiger partial charge in [-0.05, 0) is 61.2 Å². The van der Waals surface area contributed by atoms with Gasteiger partial charge in [0.1, 0.15) is 16.6 Å². The number of hydrogen-bond donors (Lipinski definition) is 3. The number of pyridine rings is 1. The second-order valence-electron chi connectivity index (χ2n) is 9.52. The summed E-state index contributed by atoms with van der Waals surface area (Å²) < 4.78 is 33.2. The number of amides is 2. The van der Waals surface area contributed by atoms with E-state index in [2.05, 4.69) is 10.3 Å². The molecule has 2 aromatic carbocycles. The summed E-state index contributed by atoms with van der Waals surface area (Å²) in [5, 5.41) is 14.8. The number of nitrogens with zero attached hydrogens (tertiary/aromatic N) is 2. The lowest BCUT2D eigenvalue weighted by molar-refractivity contribution is -0.140. The van der Waals surface area contributed by atoms with Gasteiger partial charge in [-0.15, -0.1) is 11.3 Å². The van der Waals surface area contributed by atoms with Crippen molar-refractivity contribution in [1.82, 2.24) is 14.8 Å². The van der Waals surface area contributed by atoms with Crippen LogP contribution in [0.15, 0.2) is 76.3 Å². The fourth-order valence-corrected chi connectivity index (χ4v) is 7.51. The Bertz CT molecular complexity index is 1620. The number of carbonyl (C=O) groups excluding carboxylic acids is 2. The third kappa shape index (κ3) is 5.85. The molecule has 40 heavy (non-hydrogen) atoms. The molecule has 0 bridgehead atoms. The van der Waals surface area contributed by atoms with Crippen LogP contribution in [-0.2, 0) is 26.2 Å². The molecule has 1 aliphatic rings. The predicted octanol–water partition coefficient (Wildman–Crippen LogP) is 3.95. The van der Waals surface area contributed by atoms with Crippen LogP contribution in [0.25, 0.3) is 10.9 Å². The van der Waals surface area contributed by atoms with E-state index >= 15 is 0 Å². The maximum Gasteiger partial charge on any atom is 0.252 e. The predicted molar refractivity (Wildman–Crippen MR) is 150 cm³/mol. The minimum atomic E-state index is -3.81. The van der Waals surface area contributed by atoms with Crippen molar-refractivity contribution in [3.8, 4) is 5.75 Å². The Kier molecular flexibility index (Phi) is 8.12. The summed E-state index contributed by atoms with van der Waals surface area (Å²) in [5.41, 5.74) is 4.90. The van der Waals surface area contributed by atoms with Crippen LogP contribution >= 0.6 is 11.3 Å². The Balaban J connectivity index is 1.24. The fraction of sp³-hybridized carbons (Fsp3) is 0.250. The molecule has 1 aliphatic heterocycles. The zero-order valence-electron chi connectivity index (χ0n) is 21.6. The van der Waals surface area contributed by atoms with Crippen molar-refractivity contribution >= 4 is 49.8 Å². The van der Waals surface area contributed by atoms with E-state index in [1.54, 1.807) is 41.2 Å². The molecule has 12 heteroatoms. The lowest BCUT2D eigenvalue weighted by Gasteiger charge is -2.35. The van der Waals surface area contributed by atoms with Crippen LogP contribution in [-0.4, -0.2) is 47.8 Å². The highest BCUT2D eigenvalue weighted by atomic mass is 32.2. The first kappa shape index (κ1) is 27.7. The normalized spacial score (nSPS) is 17.9. The highest BCUT2D eigenvalue weighted by Gasteiger charge is 2.42. The summed E-state index contributed by atoms with van der Waals surface area (Å²) in [7, 11) is -3.81. The highest BCUT2D eigenvalue weighted by molar-refractivity contribution is 7.91. The van der Waals surface area contributed by atoms with E-state index in [1.165, 1.54) is 10.4 Å². The lowest BCUT2D eigenvalue weighted by atomic mass is 9.85. The van der Waals surface area contributed by atoms with Crippen molar-refractivity contribution in [2.75, 3.05) is 18.4 Å². The molecular weight excluding hydrogens is 552 g/mol. The second kappa shape index (κ2) is 11.7. The zero-order chi connectivity index (χ0) is 28.3. The summed E-state index contributed by atoms with van der Waals surface area (Å²) in [6.07, 6.45) is 0.120. The van der Waals surface area contributed by atoms with E-state index < -0.39 is 33.7 Å². The number of carbonyl (C=O) groups is 2. The molecule has 0 spiro atoms. The van der Waals surface area contributed by atoms with Crippen LogP contribution in [0.4, 0.5) is 5.69 Å². The standard InChI is InChI=1S/C28H28N4O6S2/c1-18-15-19(22-5-2-3-6-25(22)29-18)17-38-21-10-8-20(9-11-21)30-27(33)23-12-13-32(16-24(23)28(34)31-35)40(36,37)26-7-4-14-39-26/h2-11,14-15,23-24,35H,12-13,16-17H2,1H3,(H,30,33)(H,31,34)/t23?,24-/m0/s1. The number of benzene rings is 2. The number of aromatic nitrogens is 1. The van der Waals surface area contributed by atoms with Crippen LogP contribution in [0.3, 0.4) is 0 Å². The smallest absolute Gasteiger partial charge is 0.252 e. The Morgan fingerprint density at radius 2 is 1.85 bits per heavy atom. The summed E-state index contributed by atoms with van der Waals surface area (Å²) in [6.45, 7) is 2.14. The maximum atomic E-state index is 13.2. The van der Waals surface area contributed by atoms with Crippen LogP contribution in [0, 0.1) is 18.8 Å². The monoisotopic (exact) mass is 580 g/mol. The fourth-order valence-electron chi connectivity index (χ4n) is 4.89. The van der Waals surface area contributed by atoms with Gasteiger partial charge >= 0.3 is 0 Å². The number of thiophene rings is 1. The zero-order valence-corrected chi connectivity index (χ0v) is 23.2. The molecule has 0 aliphatic carbocycles. The van der Waals surface area contributed by atoms with Crippen molar-refractivity contribution in [1.29, 1.82) is 0 Å². The number of fused-ring (bicyclic) bond motifs is 1. The van der Waals surface area contributed by atoms with Crippen molar-refractivity contribution in [3.63, 3.8) is 0 Å². The van der Waals surface area contributed by atoms with E-state index in [4.69, 9.17) is 4.74 Å². The largest absolute Gasteiger partial charge is 0.489 e. The molecule has 10 nitrogen and oxygen atoms in total. The SMILES string of the molecule is Cc1cc(COc2ccc(NC(=O)C3CCN(S(=O)(=O)c4cccs4)C[C@@H]3C(=O)NO)cc2)c2ccccc2n1.